The minimum absolute atomic E-state index is 0.0209. The number of aromatic nitrogens is 2. The van der Waals surface area contributed by atoms with Crippen molar-refractivity contribution in [1.29, 1.82) is 0 Å². The number of halogens is 5. The number of hydrogen-bond acceptors (Lipinski definition) is 3. The molecule has 0 amide bonds. The van der Waals surface area contributed by atoms with Crippen molar-refractivity contribution in [3.05, 3.63) is 47.0 Å². The van der Waals surface area contributed by atoms with Crippen LogP contribution < -0.4 is 0 Å². The second kappa shape index (κ2) is 9.41. The van der Waals surface area contributed by atoms with Gasteiger partial charge in [0.05, 0.1) is 11.6 Å². The van der Waals surface area contributed by atoms with Crippen molar-refractivity contribution in [2.75, 3.05) is 0 Å². The Kier molecular flexibility index (Phi) is 7.84. The average molecular weight is 390 g/mol. The molecule has 2 aromatic rings. The summed E-state index contributed by atoms with van der Waals surface area (Å²) in [5.74, 6) is -2.96. The fraction of sp³-hybridized carbons (Fsp3) is 0.444. The summed E-state index contributed by atoms with van der Waals surface area (Å²) in [4.78, 5) is 20.5. The van der Waals surface area contributed by atoms with E-state index in [2.05, 4.69) is 4.98 Å². The second-order valence-electron chi connectivity index (χ2n) is 5.86. The molecule has 0 saturated carbocycles. The van der Waals surface area contributed by atoms with Crippen LogP contribution in [0.25, 0.3) is 5.69 Å². The van der Waals surface area contributed by atoms with Crippen molar-refractivity contribution >= 4 is 6.15 Å². The topological polar surface area (TPSA) is 52.0 Å². The van der Waals surface area contributed by atoms with Crippen molar-refractivity contribution in [2.24, 2.45) is 5.92 Å². The third kappa shape index (κ3) is 5.72. The van der Waals surface area contributed by atoms with Crippen LogP contribution in [-0.2, 0) is 28.9 Å². The molecule has 0 aliphatic heterocycles. The Hall–Kier alpha value is -2.54. The van der Waals surface area contributed by atoms with E-state index < -0.39 is 30.1 Å². The summed E-state index contributed by atoms with van der Waals surface area (Å²) in [5.41, 5.74) is 0.371. The van der Waals surface area contributed by atoms with Crippen LogP contribution in [0.2, 0.25) is 0 Å². The number of imidazole rings is 1. The minimum Gasteiger partial charge on any atom is -0.298 e. The quantitative estimate of drug-likeness (QED) is 0.710. The van der Waals surface area contributed by atoms with E-state index in [1.54, 1.807) is 6.20 Å². The van der Waals surface area contributed by atoms with Crippen LogP contribution in [0.5, 0.6) is 0 Å². The third-order valence-electron chi connectivity index (χ3n) is 3.93. The SMILES string of the molecule is CCc1cn(-c2c(F)cc(CC(C)C(F)(F)F)cc2F)c(CC)n1.O=C=O. The summed E-state index contributed by atoms with van der Waals surface area (Å²) in [6.45, 7) is 4.68. The maximum absolute atomic E-state index is 14.4. The van der Waals surface area contributed by atoms with E-state index in [0.29, 0.717) is 24.4 Å². The van der Waals surface area contributed by atoms with Crippen LogP contribution in [0.1, 0.15) is 37.9 Å². The zero-order valence-electron chi connectivity index (χ0n) is 15.0. The van der Waals surface area contributed by atoms with Gasteiger partial charge in [0.15, 0.2) is 11.6 Å². The van der Waals surface area contributed by atoms with Crippen LogP contribution in [0.15, 0.2) is 18.3 Å². The number of aryl methyl sites for hydroxylation is 2. The molecule has 148 valence electrons. The first-order valence-electron chi connectivity index (χ1n) is 8.20. The number of benzene rings is 1. The van der Waals surface area contributed by atoms with E-state index in [-0.39, 0.29) is 17.4 Å². The van der Waals surface area contributed by atoms with Crippen molar-refractivity contribution in [1.82, 2.24) is 9.55 Å². The zero-order chi connectivity index (χ0) is 20.8. The maximum Gasteiger partial charge on any atom is 0.391 e. The summed E-state index contributed by atoms with van der Waals surface area (Å²) in [6.07, 6.45) is -1.97. The Labute approximate surface area is 153 Å². The highest BCUT2D eigenvalue weighted by molar-refractivity contribution is 5.40. The molecule has 1 unspecified atom stereocenters. The lowest BCUT2D eigenvalue weighted by Crippen LogP contribution is -2.22. The molecule has 0 saturated heterocycles. The van der Waals surface area contributed by atoms with E-state index in [0.717, 1.165) is 19.1 Å². The van der Waals surface area contributed by atoms with Gasteiger partial charge in [0, 0.05) is 12.6 Å². The normalized spacial score (nSPS) is 12.1. The van der Waals surface area contributed by atoms with Crippen LogP contribution >= 0.6 is 0 Å². The summed E-state index contributed by atoms with van der Waals surface area (Å²) in [6, 6.07) is 1.93. The molecule has 4 nitrogen and oxygen atoms in total. The molecule has 0 radical (unpaired) electrons. The van der Waals surface area contributed by atoms with Gasteiger partial charge in [0.25, 0.3) is 0 Å². The molecule has 0 fully saturated rings. The lowest BCUT2D eigenvalue weighted by Gasteiger charge is -2.16. The van der Waals surface area contributed by atoms with Gasteiger partial charge >= 0.3 is 12.3 Å². The largest absolute Gasteiger partial charge is 0.391 e. The van der Waals surface area contributed by atoms with Crippen LogP contribution in [0.3, 0.4) is 0 Å². The van der Waals surface area contributed by atoms with Gasteiger partial charge in [-0.25, -0.2) is 13.8 Å². The molecular formula is C18H19F5N2O2. The van der Waals surface area contributed by atoms with Crippen LogP contribution in [0.4, 0.5) is 22.0 Å². The molecule has 0 aliphatic carbocycles. The van der Waals surface area contributed by atoms with E-state index in [4.69, 9.17) is 9.59 Å². The molecule has 0 bridgehead atoms. The third-order valence-corrected chi connectivity index (χ3v) is 3.93. The molecule has 0 N–H and O–H groups in total. The maximum atomic E-state index is 14.4. The Bertz CT molecular complexity index is 786. The van der Waals surface area contributed by atoms with Gasteiger partial charge in [-0.05, 0) is 30.5 Å². The number of hydrogen-bond donors (Lipinski definition) is 0. The number of rotatable bonds is 5. The monoisotopic (exact) mass is 390 g/mol. The van der Waals surface area contributed by atoms with E-state index in [1.165, 1.54) is 4.57 Å². The summed E-state index contributed by atoms with van der Waals surface area (Å²) >= 11 is 0. The average Bonchev–Trinajstić information content (AvgIpc) is 2.97. The summed E-state index contributed by atoms with van der Waals surface area (Å²) in [5, 5.41) is 0. The fourth-order valence-corrected chi connectivity index (χ4v) is 2.52. The van der Waals surface area contributed by atoms with Crippen molar-refractivity contribution in [2.45, 2.75) is 46.2 Å². The van der Waals surface area contributed by atoms with Gasteiger partial charge in [0.1, 0.15) is 11.5 Å². The fourth-order valence-electron chi connectivity index (χ4n) is 2.52. The Balaban J connectivity index is 0.00000114. The molecule has 1 atom stereocenters. The summed E-state index contributed by atoms with van der Waals surface area (Å²) < 4.78 is 68.0. The molecule has 1 aromatic carbocycles. The Morgan fingerprint density at radius 2 is 1.63 bits per heavy atom. The molecule has 0 spiro atoms. The molecule has 0 aliphatic rings. The number of alkyl halides is 3. The van der Waals surface area contributed by atoms with E-state index >= 15 is 0 Å². The van der Waals surface area contributed by atoms with E-state index in [1.807, 2.05) is 13.8 Å². The van der Waals surface area contributed by atoms with Gasteiger partial charge < -0.3 is 0 Å². The highest BCUT2D eigenvalue weighted by atomic mass is 19.4. The first kappa shape index (κ1) is 22.5. The van der Waals surface area contributed by atoms with E-state index in [9.17, 15) is 22.0 Å². The molecule has 27 heavy (non-hydrogen) atoms. The summed E-state index contributed by atoms with van der Waals surface area (Å²) in [7, 11) is 0. The van der Waals surface area contributed by atoms with Crippen molar-refractivity contribution in [3.63, 3.8) is 0 Å². The zero-order valence-corrected chi connectivity index (χ0v) is 15.0. The lowest BCUT2D eigenvalue weighted by molar-refractivity contribution is -0.191. The second-order valence-corrected chi connectivity index (χ2v) is 5.86. The molecule has 1 aromatic heterocycles. The van der Waals surface area contributed by atoms with Gasteiger partial charge in [-0.15, -0.1) is 0 Å². The van der Waals surface area contributed by atoms with Gasteiger partial charge in [0.2, 0.25) is 0 Å². The van der Waals surface area contributed by atoms with Gasteiger partial charge in [-0.1, -0.05) is 20.8 Å². The van der Waals surface area contributed by atoms with Crippen molar-refractivity contribution in [3.8, 4) is 5.69 Å². The van der Waals surface area contributed by atoms with Crippen molar-refractivity contribution < 1.29 is 31.5 Å². The molecule has 1 heterocycles. The Morgan fingerprint density at radius 3 is 2.04 bits per heavy atom. The molecular weight excluding hydrogens is 371 g/mol. The number of nitrogens with zero attached hydrogens (tertiary/aromatic N) is 2. The molecule has 9 heteroatoms. The standard InChI is InChI=1S/C17H19F5N2.CO2/c1-4-12-9-24(15(5-2)23-12)16-13(18)7-11(8-14(16)19)6-10(3)17(20,21)22;2-1-3/h7-10H,4-6H2,1-3H3;. The Morgan fingerprint density at radius 1 is 1.11 bits per heavy atom. The highest BCUT2D eigenvalue weighted by Crippen LogP contribution is 2.30. The highest BCUT2D eigenvalue weighted by Gasteiger charge is 2.36. The van der Waals surface area contributed by atoms with Gasteiger partial charge in [-0.2, -0.15) is 22.8 Å². The minimum atomic E-state index is -4.40. The first-order chi connectivity index (χ1) is 12.6. The van der Waals surface area contributed by atoms with Crippen LogP contribution in [0, 0.1) is 17.6 Å². The van der Waals surface area contributed by atoms with Gasteiger partial charge in [-0.3, -0.25) is 4.57 Å². The lowest BCUT2D eigenvalue weighted by atomic mass is 10.00. The first-order valence-corrected chi connectivity index (χ1v) is 8.20. The predicted octanol–water partition coefficient (Wildman–Crippen LogP) is 4.43. The number of carbonyl (C=O) groups excluding carboxylic acids is 2. The van der Waals surface area contributed by atoms with Crippen LogP contribution in [-0.4, -0.2) is 21.9 Å². The smallest absolute Gasteiger partial charge is 0.298 e. The predicted molar refractivity (Wildman–Crippen MR) is 86.2 cm³/mol. The molecule has 2 rings (SSSR count).